The summed E-state index contributed by atoms with van der Waals surface area (Å²) in [5, 5.41) is 3.15. The molecule has 1 heterocycles. The van der Waals surface area contributed by atoms with Crippen molar-refractivity contribution in [1.82, 2.24) is 4.90 Å². The molecule has 0 aliphatic carbocycles. The van der Waals surface area contributed by atoms with E-state index in [1.165, 1.54) is 6.92 Å². The molecule has 0 bridgehead atoms. The van der Waals surface area contributed by atoms with Crippen LogP contribution in [-0.4, -0.2) is 35.3 Å². The van der Waals surface area contributed by atoms with Gasteiger partial charge in [-0.1, -0.05) is 48.0 Å². The molecule has 1 aliphatic rings. The van der Waals surface area contributed by atoms with Gasteiger partial charge in [0, 0.05) is 23.7 Å². The van der Waals surface area contributed by atoms with E-state index >= 15 is 0 Å². The number of ether oxygens (including phenoxy) is 1. The second kappa shape index (κ2) is 9.09. The molecule has 2 aromatic carbocycles. The van der Waals surface area contributed by atoms with Crippen molar-refractivity contribution >= 4 is 35.1 Å². The van der Waals surface area contributed by atoms with Crippen LogP contribution in [0.25, 0.3) is 0 Å². The minimum absolute atomic E-state index is 0.0820. The maximum atomic E-state index is 12.5. The van der Waals surface area contributed by atoms with Crippen LogP contribution in [0.5, 0.6) is 0 Å². The molecule has 0 radical (unpaired) electrons. The number of hydrogen-bond acceptors (Lipinski definition) is 4. The number of carbonyl (C=O) groups is 3. The highest BCUT2D eigenvalue weighted by Gasteiger charge is 2.38. The topological polar surface area (TPSA) is 75.7 Å². The zero-order valence-corrected chi connectivity index (χ0v) is 17.1. The number of carbonyl (C=O) groups excluding carboxylic acids is 3. The van der Waals surface area contributed by atoms with Crippen LogP contribution in [0.2, 0.25) is 5.02 Å². The Balaban J connectivity index is 1.56. The van der Waals surface area contributed by atoms with Crippen molar-refractivity contribution in [3.05, 3.63) is 65.2 Å². The first kappa shape index (κ1) is 20.9. The lowest BCUT2D eigenvalue weighted by atomic mass is 10.1. The fraction of sp³-hybridized carbons (Fsp3) is 0.318. The average molecular weight is 415 g/mol. The number of nitrogens with zero attached hydrogens (tertiary/aromatic N) is 1. The van der Waals surface area contributed by atoms with E-state index in [1.54, 1.807) is 29.2 Å². The summed E-state index contributed by atoms with van der Waals surface area (Å²) in [5.74, 6) is -1.69. The van der Waals surface area contributed by atoms with Crippen molar-refractivity contribution in [1.29, 1.82) is 0 Å². The summed E-state index contributed by atoms with van der Waals surface area (Å²) in [6, 6.07) is 16.2. The van der Waals surface area contributed by atoms with E-state index in [4.69, 9.17) is 16.3 Å². The van der Waals surface area contributed by atoms with Gasteiger partial charge in [0.2, 0.25) is 5.91 Å². The first-order valence-corrected chi connectivity index (χ1v) is 9.84. The Labute approximate surface area is 174 Å². The Kier molecular flexibility index (Phi) is 6.54. The number of benzene rings is 2. The zero-order chi connectivity index (χ0) is 21.0. The molecule has 2 aromatic rings. The monoisotopic (exact) mass is 414 g/mol. The molecule has 6 nitrogen and oxygen atoms in total. The van der Waals surface area contributed by atoms with Crippen LogP contribution in [0.4, 0.5) is 5.69 Å². The number of amides is 2. The fourth-order valence-electron chi connectivity index (χ4n) is 3.31. The molecular formula is C22H23ClN2O4. The SMILES string of the molecule is C[C@H](OC(=O)[C@@H]1CC(=O)N([C@H](C)c2ccccc2)C1)C(=O)Nc1cccc(Cl)c1. The lowest BCUT2D eigenvalue weighted by molar-refractivity contribution is -0.157. The van der Waals surface area contributed by atoms with Crippen molar-refractivity contribution in [3.8, 4) is 0 Å². The summed E-state index contributed by atoms with van der Waals surface area (Å²) in [5.41, 5.74) is 1.52. The number of rotatable bonds is 6. The van der Waals surface area contributed by atoms with Crippen LogP contribution in [0.15, 0.2) is 54.6 Å². The van der Waals surface area contributed by atoms with E-state index in [0.29, 0.717) is 10.7 Å². The zero-order valence-electron chi connectivity index (χ0n) is 16.3. The fourth-order valence-corrected chi connectivity index (χ4v) is 3.50. The second-order valence-electron chi connectivity index (χ2n) is 7.11. The molecule has 1 aliphatic heterocycles. The second-order valence-corrected chi connectivity index (χ2v) is 7.55. The van der Waals surface area contributed by atoms with E-state index in [0.717, 1.165) is 5.56 Å². The van der Waals surface area contributed by atoms with E-state index < -0.39 is 23.9 Å². The molecule has 1 N–H and O–H groups in total. The van der Waals surface area contributed by atoms with E-state index in [-0.39, 0.29) is 24.9 Å². The van der Waals surface area contributed by atoms with Crippen molar-refractivity contribution in [2.24, 2.45) is 5.92 Å². The average Bonchev–Trinajstić information content (AvgIpc) is 3.10. The predicted molar refractivity (Wildman–Crippen MR) is 110 cm³/mol. The highest BCUT2D eigenvalue weighted by Crippen LogP contribution is 2.29. The molecule has 0 spiro atoms. The Morgan fingerprint density at radius 1 is 1.14 bits per heavy atom. The van der Waals surface area contributed by atoms with Gasteiger partial charge in [-0.15, -0.1) is 0 Å². The van der Waals surface area contributed by atoms with Gasteiger partial charge in [0.05, 0.1) is 12.0 Å². The molecule has 0 unspecified atom stereocenters. The summed E-state index contributed by atoms with van der Waals surface area (Å²) < 4.78 is 5.32. The largest absolute Gasteiger partial charge is 0.452 e. The molecule has 3 rings (SSSR count). The number of anilines is 1. The lowest BCUT2D eigenvalue weighted by Gasteiger charge is -2.25. The third-order valence-electron chi connectivity index (χ3n) is 5.00. The molecule has 3 atom stereocenters. The molecule has 29 heavy (non-hydrogen) atoms. The third kappa shape index (κ3) is 5.15. The van der Waals surface area contributed by atoms with Gasteiger partial charge in [-0.3, -0.25) is 14.4 Å². The van der Waals surface area contributed by atoms with Crippen LogP contribution in [0, 0.1) is 5.92 Å². The molecule has 0 aromatic heterocycles. The van der Waals surface area contributed by atoms with Crippen LogP contribution >= 0.6 is 11.6 Å². The Hall–Kier alpha value is -2.86. The van der Waals surface area contributed by atoms with Crippen LogP contribution in [0.1, 0.15) is 31.9 Å². The molecule has 2 amide bonds. The van der Waals surface area contributed by atoms with Crippen LogP contribution in [-0.2, 0) is 19.1 Å². The van der Waals surface area contributed by atoms with E-state index in [1.807, 2.05) is 37.3 Å². The summed E-state index contributed by atoms with van der Waals surface area (Å²) in [6.07, 6.45) is -0.907. The molecular weight excluding hydrogens is 392 g/mol. The molecule has 152 valence electrons. The number of halogens is 1. The van der Waals surface area contributed by atoms with Gasteiger partial charge in [0.25, 0.3) is 5.91 Å². The van der Waals surface area contributed by atoms with Crippen molar-refractivity contribution < 1.29 is 19.1 Å². The normalized spacial score (nSPS) is 18.2. The van der Waals surface area contributed by atoms with Crippen molar-refractivity contribution in [2.45, 2.75) is 32.4 Å². The van der Waals surface area contributed by atoms with Crippen LogP contribution < -0.4 is 5.32 Å². The molecule has 7 heteroatoms. The van der Waals surface area contributed by atoms with Gasteiger partial charge in [-0.25, -0.2) is 0 Å². The molecule has 1 saturated heterocycles. The summed E-state index contributed by atoms with van der Waals surface area (Å²) in [7, 11) is 0. The minimum Gasteiger partial charge on any atom is -0.452 e. The number of esters is 1. The Morgan fingerprint density at radius 3 is 2.55 bits per heavy atom. The Morgan fingerprint density at radius 2 is 1.86 bits per heavy atom. The first-order valence-electron chi connectivity index (χ1n) is 9.46. The lowest BCUT2D eigenvalue weighted by Crippen LogP contribution is -2.33. The van der Waals surface area contributed by atoms with E-state index in [2.05, 4.69) is 5.32 Å². The van der Waals surface area contributed by atoms with Gasteiger partial charge in [0.1, 0.15) is 0 Å². The standard InChI is InChI=1S/C22H23ClN2O4/c1-14(16-7-4-3-5-8-16)25-13-17(11-20(25)26)22(28)29-15(2)21(27)24-19-10-6-9-18(23)12-19/h3-10,12,14-15,17H,11,13H2,1-2H3,(H,24,27)/t14-,15+,17-/m1/s1. The van der Waals surface area contributed by atoms with Crippen LogP contribution in [0.3, 0.4) is 0 Å². The quantitative estimate of drug-likeness (QED) is 0.729. The number of hydrogen-bond donors (Lipinski definition) is 1. The summed E-state index contributed by atoms with van der Waals surface area (Å²) >= 11 is 5.90. The highest BCUT2D eigenvalue weighted by atomic mass is 35.5. The van der Waals surface area contributed by atoms with Crippen molar-refractivity contribution in [3.63, 3.8) is 0 Å². The molecule has 1 fully saturated rings. The number of nitrogens with one attached hydrogen (secondary N) is 1. The highest BCUT2D eigenvalue weighted by molar-refractivity contribution is 6.30. The van der Waals surface area contributed by atoms with Gasteiger partial charge in [0.15, 0.2) is 6.10 Å². The summed E-state index contributed by atoms with van der Waals surface area (Å²) in [4.78, 5) is 38.9. The summed E-state index contributed by atoms with van der Waals surface area (Å²) in [6.45, 7) is 3.71. The molecule has 0 saturated carbocycles. The van der Waals surface area contributed by atoms with Gasteiger partial charge in [-0.05, 0) is 37.6 Å². The first-order chi connectivity index (χ1) is 13.8. The minimum atomic E-state index is -0.989. The van der Waals surface area contributed by atoms with Gasteiger partial charge in [-0.2, -0.15) is 0 Å². The third-order valence-corrected chi connectivity index (χ3v) is 5.23. The smallest absolute Gasteiger partial charge is 0.312 e. The number of likely N-dealkylation sites (tertiary alicyclic amines) is 1. The van der Waals surface area contributed by atoms with Crippen molar-refractivity contribution in [2.75, 3.05) is 11.9 Å². The maximum absolute atomic E-state index is 12.5. The predicted octanol–water partition coefficient (Wildman–Crippen LogP) is 3.82. The van der Waals surface area contributed by atoms with Gasteiger partial charge >= 0.3 is 5.97 Å². The Bertz CT molecular complexity index is 903. The maximum Gasteiger partial charge on any atom is 0.312 e. The van der Waals surface area contributed by atoms with E-state index in [9.17, 15) is 14.4 Å². The van der Waals surface area contributed by atoms with Gasteiger partial charge < -0.3 is 15.0 Å².